The van der Waals surface area contributed by atoms with Crippen molar-refractivity contribution in [2.24, 2.45) is 0 Å². The van der Waals surface area contributed by atoms with Gasteiger partial charge in [-0.15, -0.1) is 0 Å². The predicted molar refractivity (Wildman–Crippen MR) is 185 cm³/mol. The average Bonchev–Trinajstić information content (AvgIpc) is 3.04. The molecule has 0 spiro atoms. The number of carbonyl (C=O) groups excluding carboxylic acids is 2. The number of amides is 1. The SMILES string of the molecule is CCCCCCCCCCCCCCCC(=O)NC(COP(=O)(O)OCC(O)COC(=O)CCCCCCCCCCCC)C(=O)O. The van der Waals surface area contributed by atoms with Crippen LogP contribution in [0.1, 0.15) is 174 Å². The molecule has 0 saturated heterocycles. The molecule has 0 aromatic rings. The summed E-state index contributed by atoms with van der Waals surface area (Å²) in [6, 6.07) is -1.54. The molecule has 0 heterocycles. The van der Waals surface area contributed by atoms with Gasteiger partial charge in [-0.1, -0.05) is 149 Å². The maximum atomic E-state index is 12.2. The van der Waals surface area contributed by atoms with Crippen molar-refractivity contribution in [1.29, 1.82) is 0 Å². The molecular weight excluding hydrogens is 625 g/mol. The van der Waals surface area contributed by atoms with Crippen molar-refractivity contribution in [3.63, 3.8) is 0 Å². The number of hydrogen-bond acceptors (Lipinski definition) is 8. The van der Waals surface area contributed by atoms with Crippen molar-refractivity contribution in [1.82, 2.24) is 5.32 Å². The zero-order valence-electron chi connectivity index (χ0n) is 29.6. The Kier molecular flexibility index (Phi) is 30.7. The fourth-order valence-corrected chi connectivity index (χ4v) is 5.97. The van der Waals surface area contributed by atoms with E-state index in [2.05, 4.69) is 19.2 Å². The molecule has 0 aliphatic carbocycles. The number of carbonyl (C=O) groups is 3. The van der Waals surface area contributed by atoms with Crippen LogP contribution in [0.15, 0.2) is 0 Å². The summed E-state index contributed by atoms with van der Waals surface area (Å²) in [5, 5.41) is 21.7. The molecule has 0 aliphatic rings. The topological polar surface area (TPSA) is 169 Å². The Morgan fingerprint density at radius 1 is 0.596 bits per heavy atom. The summed E-state index contributed by atoms with van der Waals surface area (Å²) in [4.78, 5) is 45.6. The quantitative estimate of drug-likeness (QED) is 0.0287. The molecule has 278 valence electrons. The first-order valence-corrected chi connectivity index (χ1v) is 20.1. The van der Waals surface area contributed by atoms with Gasteiger partial charge in [-0.2, -0.15) is 0 Å². The van der Waals surface area contributed by atoms with E-state index in [9.17, 15) is 34.1 Å². The molecule has 0 bridgehead atoms. The van der Waals surface area contributed by atoms with E-state index >= 15 is 0 Å². The lowest BCUT2D eigenvalue weighted by Gasteiger charge is -2.18. The first kappa shape index (κ1) is 45.5. The number of phosphoric acid groups is 1. The standard InChI is InChI=1S/C35H68NO10P/c1-3-5-7-9-11-13-15-16-17-18-20-22-24-26-33(38)36-32(35(40)41)30-46-47(42,43)45-29-31(37)28-44-34(39)27-25-23-21-19-14-12-10-8-6-4-2/h31-32,37H,3-30H2,1-2H3,(H,36,38)(H,40,41)(H,42,43). The van der Waals surface area contributed by atoms with Gasteiger partial charge in [-0.05, 0) is 12.8 Å². The summed E-state index contributed by atoms with van der Waals surface area (Å²) >= 11 is 0. The third-order valence-corrected chi connectivity index (χ3v) is 9.10. The average molecular weight is 694 g/mol. The van der Waals surface area contributed by atoms with E-state index in [1.165, 1.54) is 96.3 Å². The zero-order chi connectivity index (χ0) is 35.0. The number of ether oxygens (including phenoxy) is 1. The summed E-state index contributed by atoms with van der Waals surface area (Å²) in [5.74, 6) is -2.36. The lowest BCUT2D eigenvalue weighted by atomic mass is 10.0. The van der Waals surface area contributed by atoms with Crippen LogP contribution in [-0.4, -0.2) is 64.9 Å². The number of carboxylic acid groups (broad SMARTS) is 1. The molecule has 0 aromatic heterocycles. The molecule has 0 saturated carbocycles. The molecule has 3 atom stereocenters. The van der Waals surface area contributed by atoms with E-state index in [0.29, 0.717) is 12.8 Å². The maximum absolute atomic E-state index is 12.2. The van der Waals surface area contributed by atoms with E-state index in [-0.39, 0.29) is 12.8 Å². The molecule has 12 heteroatoms. The zero-order valence-corrected chi connectivity index (χ0v) is 30.5. The summed E-state index contributed by atoms with van der Waals surface area (Å²) in [7, 11) is -4.74. The fourth-order valence-electron chi connectivity index (χ4n) is 5.20. The highest BCUT2D eigenvalue weighted by Gasteiger charge is 2.28. The third-order valence-electron chi connectivity index (χ3n) is 8.15. The molecule has 11 nitrogen and oxygen atoms in total. The van der Waals surface area contributed by atoms with Crippen LogP contribution in [0.4, 0.5) is 0 Å². The van der Waals surface area contributed by atoms with E-state index in [1.54, 1.807) is 0 Å². The van der Waals surface area contributed by atoms with Crippen LogP contribution in [0, 0.1) is 0 Å². The van der Waals surface area contributed by atoms with Crippen molar-refractivity contribution < 1.29 is 47.8 Å². The van der Waals surface area contributed by atoms with E-state index in [0.717, 1.165) is 38.5 Å². The second-order valence-electron chi connectivity index (χ2n) is 12.8. The fraction of sp³-hybridized carbons (Fsp3) is 0.914. The van der Waals surface area contributed by atoms with Gasteiger partial charge in [0, 0.05) is 12.8 Å². The van der Waals surface area contributed by atoms with Crippen molar-refractivity contribution in [3.05, 3.63) is 0 Å². The Labute approximate surface area is 284 Å². The minimum absolute atomic E-state index is 0.152. The van der Waals surface area contributed by atoms with E-state index in [1.807, 2.05) is 0 Å². The number of phosphoric ester groups is 1. The highest BCUT2D eigenvalue weighted by molar-refractivity contribution is 7.47. The smallest absolute Gasteiger partial charge is 0.472 e. The number of carboxylic acids is 1. The molecule has 0 fully saturated rings. The maximum Gasteiger partial charge on any atom is 0.472 e. The number of aliphatic hydroxyl groups is 1. The first-order valence-electron chi connectivity index (χ1n) is 18.6. The molecule has 4 N–H and O–H groups in total. The third kappa shape index (κ3) is 31.5. The van der Waals surface area contributed by atoms with Crippen LogP contribution in [-0.2, 0) is 32.7 Å². The summed E-state index contributed by atoms with van der Waals surface area (Å²) < 4.78 is 26.7. The molecule has 0 rings (SSSR count). The highest BCUT2D eigenvalue weighted by Crippen LogP contribution is 2.43. The van der Waals surface area contributed by atoms with Crippen LogP contribution in [0.5, 0.6) is 0 Å². The molecule has 0 radical (unpaired) electrons. The second-order valence-corrected chi connectivity index (χ2v) is 14.2. The first-order chi connectivity index (χ1) is 22.6. The number of rotatable bonds is 35. The van der Waals surface area contributed by atoms with Gasteiger partial charge in [0.15, 0.2) is 6.04 Å². The lowest BCUT2D eigenvalue weighted by Crippen LogP contribution is -2.43. The van der Waals surface area contributed by atoms with Gasteiger partial charge in [0.05, 0.1) is 13.2 Å². The van der Waals surface area contributed by atoms with Crippen LogP contribution in [0.3, 0.4) is 0 Å². The predicted octanol–water partition coefficient (Wildman–Crippen LogP) is 8.39. The van der Waals surface area contributed by atoms with Crippen LogP contribution in [0.25, 0.3) is 0 Å². The Morgan fingerprint density at radius 2 is 0.979 bits per heavy atom. The van der Waals surface area contributed by atoms with Crippen LogP contribution >= 0.6 is 7.82 Å². The number of nitrogens with one attached hydrogen (secondary N) is 1. The molecule has 0 aromatic carbocycles. The van der Waals surface area contributed by atoms with Crippen LogP contribution in [0.2, 0.25) is 0 Å². The van der Waals surface area contributed by atoms with Crippen molar-refractivity contribution in [2.75, 3.05) is 19.8 Å². The Balaban J connectivity index is 3.97. The number of aliphatic carboxylic acids is 1. The molecule has 47 heavy (non-hydrogen) atoms. The molecule has 1 amide bonds. The van der Waals surface area contributed by atoms with Gasteiger partial charge in [0.2, 0.25) is 5.91 Å². The van der Waals surface area contributed by atoms with Gasteiger partial charge in [-0.25, -0.2) is 9.36 Å². The number of unbranched alkanes of at least 4 members (excludes halogenated alkanes) is 21. The van der Waals surface area contributed by atoms with Gasteiger partial charge in [-0.3, -0.25) is 18.6 Å². The highest BCUT2D eigenvalue weighted by atomic mass is 31.2. The van der Waals surface area contributed by atoms with Crippen molar-refractivity contribution >= 4 is 25.7 Å². The van der Waals surface area contributed by atoms with Gasteiger partial charge in [0.1, 0.15) is 12.7 Å². The Bertz CT molecular complexity index is 828. The summed E-state index contributed by atoms with van der Waals surface area (Å²) in [5.41, 5.74) is 0. The lowest BCUT2D eigenvalue weighted by molar-refractivity contribution is -0.147. The minimum atomic E-state index is -4.74. The Hall–Kier alpha value is -1.52. The van der Waals surface area contributed by atoms with Gasteiger partial charge >= 0.3 is 19.8 Å². The van der Waals surface area contributed by atoms with E-state index < -0.39 is 57.6 Å². The number of hydrogen-bond donors (Lipinski definition) is 4. The molecular formula is C35H68NO10P. The monoisotopic (exact) mass is 693 g/mol. The van der Waals surface area contributed by atoms with Crippen LogP contribution < -0.4 is 5.32 Å². The summed E-state index contributed by atoms with van der Waals surface area (Å²) in [6.07, 6.45) is 25.7. The van der Waals surface area contributed by atoms with Crippen molar-refractivity contribution in [2.45, 2.75) is 187 Å². The van der Waals surface area contributed by atoms with Crippen molar-refractivity contribution in [3.8, 4) is 0 Å². The normalized spacial score (nSPS) is 14.0. The van der Waals surface area contributed by atoms with E-state index in [4.69, 9.17) is 13.8 Å². The largest absolute Gasteiger partial charge is 0.480 e. The second kappa shape index (κ2) is 31.7. The Morgan fingerprint density at radius 3 is 1.40 bits per heavy atom. The minimum Gasteiger partial charge on any atom is -0.480 e. The molecule has 0 aliphatic heterocycles. The van der Waals surface area contributed by atoms with Gasteiger partial charge < -0.3 is 25.2 Å². The molecule has 3 unspecified atom stereocenters. The number of aliphatic hydroxyl groups excluding tert-OH is 1. The van der Waals surface area contributed by atoms with Gasteiger partial charge in [0.25, 0.3) is 0 Å². The summed E-state index contributed by atoms with van der Waals surface area (Å²) in [6.45, 7) is 2.56. The number of esters is 1.